The average Bonchev–Trinajstić information content (AvgIpc) is 2.70. The third-order valence-corrected chi connectivity index (χ3v) is 2.31. The second kappa shape index (κ2) is 5.44. The summed E-state index contributed by atoms with van der Waals surface area (Å²) in [5.74, 6) is -1.63. The number of hydrogen-bond donors (Lipinski definition) is 2. The van der Waals surface area contributed by atoms with Gasteiger partial charge in [0, 0.05) is 25.9 Å². The van der Waals surface area contributed by atoms with Gasteiger partial charge in [0.25, 0.3) is 0 Å². The number of carbonyl (C=O) groups is 2. The first-order valence-corrected chi connectivity index (χ1v) is 5.00. The zero-order valence-corrected chi connectivity index (χ0v) is 9.88. The molecular formula is C10H15N3O4. The Kier molecular flexibility index (Phi) is 4.22. The molecule has 0 bridgehead atoms. The van der Waals surface area contributed by atoms with Crippen molar-refractivity contribution in [2.75, 3.05) is 7.11 Å². The van der Waals surface area contributed by atoms with Gasteiger partial charge in [0.1, 0.15) is 6.10 Å². The van der Waals surface area contributed by atoms with Crippen LogP contribution in [0.1, 0.15) is 18.5 Å². The summed E-state index contributed by atoms with van der Waals surface area (Å²) >= 11 is 0. The molecule has 0 aromatic carbocycles. The van der Waals surface area contributed by atoms with Crippen molar-refractivity contribution in [3.63, 3.8) is 0 Å². The number of ether oxygens (including phenoxy) is 1. The largest absolute Gasteiger partial charge is 0.479 e. The van der Waals surface area contributed by atoms with Crippen LogP contribution in [0.15, 0.2) is 12.4 Å². The monoisotopic (exact) mass is 241 g/mol. The summed E-state index contributed by atoms with van der Waals surface area (Å²) in [6.45, 7) is 1.54. The van der Waals surface area contributed by atoms with E-state index in [2.05, 4.69) is 10.4 Å². The summed E-state index contributed by atoms with van der Waals surface area (Å²) in [7, 11) is 3.05. The lowest BCUT2D eigenvalue weighted by atomic mass is 10.1. The molecule has 0 aliphatic carbocycles. The van der Waals surface area contributed by atoms with Gasteiger partial charge in [0.15, 0.2) is 6.04 Å². The number of carboxylic acids is 1. The Morgan fingerprint density at radius 1 is 1.59 bits per heavy atom. The van der Waals surface area contributed by atoms with Gasteiger partial charge in [-0.15, -0.1) is 0 Å². The number of amides is 1. The predicted molar refractivity (Wildman–Crippen MR) is 58.2 cm³/mol. The van der Waals surface area contributed by atoms with Gasteiger partial charge >= 0.3 is 5.97 Å². The third-order valence-electron chi connectivity index (χ3n) is 2.31. The number of nitrogens with zero attached hydrogens (tertiary/aromatic N) is 2. The first kappa shape index (κ1) is 13.2. The van der Waals surface area contributed by atoms with Gasteiger partial charge in [0.2, 0.25) is 5.91 Å². The summed E-state index contributed by atoms with van der Waals surface area (Å²) in [4.78, 5) is 22.6. The number of methoxy groups -OCH3 is 1. The van der Waals surface area contributed by atoms with Crippen LogP contribution in [0.4, 0.5) is 0 Å². The number of carboxylic acid groups (broad SMARTS) is 1. The molecule has 1 heterocycles. The van der Waals surface area contributed by atoms with E-state index in [-0.39, 0.29) is 0 Å². The third kappa shape index (κ3) is 3.28. The molecule has 0 fully saturated rings. The van der Waals surface area contributed by atoms with Gasteiger partial charge in [-0.25, -0.2) is 4.79 Å². The van der Waals surface area contributed by atoms with Gasteiger partial charge in [-0.2, -0.15) is 5.10 Å². The van der Waals surface area contributed by atoms with Gasteiger partial charge in [-0.05, 0) is 6.92 Å². The molecule has 94 valence electrons. The second-order valence-electron chi connectivity index (χ2n) is 3.61. The number of rotatable bonds is 5. The summed E-state index contributed by atoms with van der Waals surface area (Å²) in [6, 6.07) is -1.12. The van der Waals surface area contributed by atoms with Crippen LogP contribution < -0.4 is 5.32 Å². The maximum Gasteiger partial charge on any atom is 0.331 e. The fourth-order valence-electron chi connectivity index (χ4n) is 1.24. The molecule has 1 aromatic heterocycles. The first-order valence-electron chi connectivity index (χ1n) is 5.00. The van der Waals surface area contributed by atoms with Crippen molar-refractivity contribution < 1.29 is 19.4 Å². The van der Waals surface area contributed by atoms with E-state index in [1.165, 1.54) is 31.1 Å². The molecule has 1 rings (SSSR count). The zero-order chi connectivity index (χ0) is 13.0. The van der Waals surface area contributed by atoms with E-state index in [0.717, 1.165) is 0 Å². The fourth-order valence-corrected chi connectivity index (χ4v) is 1.24. The first-order chi connectivity index (χ1) is 7.95. The van der Waals surface area contributed by atoms with Crippen molar-refractivity contribution in [1.29, 1.82) is 0 Å². The van der Waals surface area contributed by atoms with Crippen LogP contribution in [-0.2, 0) is 21.4 Å². The molecule has 1 aromatic rings. The van der Waals surface area contributed by atoms with Crippen molar-refractivity contribution in [2.45, 2.75) is 19.1 Å². The number of nitrogens with one attached hydrogen (secondary N) is 1. The van der Waals surface area contributed by atoms with E-state index in [0.29, 0.717) is 5.56 Å². The molecule has 2 unspecified atom stereocenters. The number of aryl methyl sites for hydroxylation is 1. The van der Waals surface area contributed by atoms with Crippen molar-refractivity contribution in [3.8, 4) is 0 Å². The molecule has 0 saturated heterocycles. The van der Waals surface area contributed by atoms with E-state index in [9.17, 15) is 9.59 Å². The highest BCUT2D eigenvalue weighted by Crippen LogP contribution is 2.12. The summed E-state index contributed by atoms with van der Waals surface area (Å²) in [5, 5.41) is 15.3. The van der Waals surface area contributed by atoms with Crippen LogP contribution in [0.3, 0.4) is 0 Å². The maximum absolute atomic E-state index is 11.5. The number of carbonyl (C=O) groups excluding carboxylic acids is 1. The van der Waals surface area contributed by atoms with Gasteiger partial charge in [-0.1, -0.05) is 0 Å². The Balaban J connectivity index is 2.81. The number of aromatic nitrogens is 2. The predicted octanol–water partition coefficient (Wildman–Crippen LogP) is -0.303. The number of hydrogen-bond acceptors (Lipinski definition) is 4. The molecule has 7 nitrogen and oxygen atoms in total. The molecule has 0 aliphatic rings. The van der Waals surface area contributed by atoms with Crippen LogP contribution in [0.2, 0.25) is 0 Å². The Hall–Kier alpha value is -1.89. The number of aliphatic carboxylic acids is 1. The lowest BCUT2D eigenvalue weighted by molar-refractivity contribution is -0.143. The second-order valence-corrected chi connectivity index (χ2v) is 3.61. The lowest BCUT2D eigenvalue weighted by Crippen LogP contribution is -2.39. The summed E-state index contributed by atoms with van der Waals surface area (Å²) < 4.78 is 6.28. The van der Waals surface area contributed by atoms with Gasteiger partial charge in [-0.3, -0.25) is 9.48 Å². The highest BCUT2D eigenvalue weighted by atomic mass is 16.5. The Morgan fingerprint density at radius 2 is 2.24 bits per heavy atom. The molecule has 1 amide bonds. The van der Waals surface area contributed by atoms with Crippen LogP contribution in [0, 0.1) is 0 Å². The van der Waals surface area contributed by atoms with E-state index in [1.54, 1.807) is 7.05 Å². The van der Waals surface area contributed by atoms with Crippen LogP contribution in [0.5, 0.6) is 0 Å². The van der Waals surface area contributed by atoms with E-state index in [1.807, 2.05) is 0 Å². The minimum Gasteiger partial charge on any atom is -0.479 e. The minimum atomic E-state index is -1.14. The quantitative estimate of drug-likeness (QED) is 0.738. The standard InChI is InChI=1S/C10H15N3O4/c1-6(17-3)9(14)12-8(10(15)16)7-4-11-13(2)5-7/h4-6,8H,1-3H3,(H,12,14)(H,15,16). The topological polar surface area (TPSA) is 93.4 Å². The smallest absolute Gasteiger partial charge is 0.331 e. The summed E-state index contributed by atoms with van der Waals surface area (Å²) in [6.07, 6.45) is 2.24. The van der Waals surface area contributed by atoms with Gasteiger partial charge < -0.3 is 15.2 Å². The van der Waals surface area contributed by atoms with Crippen molar-refractivity contribution in [2.24, 2.45) is 7.05 Å². The SMILES string of the molecule is COC(C)C(=O)NC(C(=O)O)c1cnn(C)c1. The molecule has 0 spiro atoms. The molecule has 2 atom stereocenters. The zero-order valence-electron chi connectivity index (χ0n) is 9.88. The molecular weight excluding hydrogens is 226 g/mol. The fraction of sp³-hybridized carbons (Fsp3) is 0.500. The van der Waals surface area contributed by atoms with Crippen LogP contribution >= 0.6 is 0 Å². The average molecular weight is 241 g/mol. The van der Waals surface area contributed by atoms with E-state index >= 15 is 0 Å². The molecule has 0 aliphatic heterocycles. The molecule has 0 saturated carbocycles. The molecule has 0 radical (unpaired) electrons. The van der Waals surface area contributed by atoms with E-state index < -0.39 is 24.0 Å². The normalized spacial score (nSPS) is 14.1. The van der Waals surface area contributed by atoms with Crippen molar-refractivity contribution in [3.05, 3.63) is 18.0 Å². The van der Waals surface area contributed by atoms with Crippen molar-refractivity contribution in [1.82, 2.24) is 15.1 Å². The van der Waals surface area contributed by atoms with Crippen molar-refractivity contribution >= 4 is 11.9 Å². The summed E-state index contributed by atoms with van der Waals surface area (Å²) in [5.41, 5.74) is 0.414. The van der Waals surface area contributed by atoms with Crippen LogP contribution in [-0.4, -0.2) is 40.0 Å². The lowest BCUT2D eigenvalue weighted by Gasteiger charge is -2.15. The highest BCUT2D eigenvalue weighted by Gasteiger charge is 2.25. The molecule has 17 heavy (non-hydrogen) atoms. The minimum absolute atomic E-state index is 0.414. The Labute approximate surface area is 98.4 Å². The Morgan fingerprint density at radius 3 is 2.65 bits per heavy atom. The van der Waals surface area contributed by atoms with Crippen LogP contribution in [0.25, 0.3) is 0 Å². The van der Waals surface area contributed by atoms with E-state index in [4.69, 9.17) is 9.84 Å². The molecule has 2 N–H and O–H groups in total. The molecule has 7 heteroatoms. The highest BCUT2D eigenvalue weighted by molar-refractivity contribution is 5.86. The Bertz CT molecular complexity index is 415. The maximum atomic E-state index is 11.5. The van der Waals surface area contributed by atoms with Gasteiger partial charge in [0.05, 0.1) is 6.20 Å².